The average Bonchev–Trinajstić information content (AvgIpc) is 2.85. The van der Waals surface area contributed by atoms with Crippen LogP contribution < -0.4 is 5.32 Å². The maximum Gasteiger partial charge on any atom is 0.243 e. The number of rotatable bonds is 9. The molecule has 1 N–H and O–H groups in total. The van der Waals surface area contributed by atoms with Crippen LogP contribution in [0.5, 0.6) is 0 Å². The molecule has 4 nitrogen and oxygen atoms in total. The number of hydrogen-bond donors (Lipinski definition) is 1. The maximum absolute atomic E-state index is 12.4. The van der Waals surface area contributed by atoms with Crippen LogP contribution in [-0.4, -0.2) is 32.4 Å². The van der Waals surface area contributed by atoms with E-state index in [1.54, 1.807) is 11.4 Å². The van der Waals surface area contributed by atoms with Crippen LogP contribution in [0.1, 0.15) is 38.5 Å². The quantitative estimate of drug-likeness (QED) is 0.714. The molecule has 6 heteroatoms. The van der Waals surface area contributed by atoms with Crippen molar-refractivity contribution in [3.63, 3.8) is 0 Å². The van der Waals surface area contributed by atoms with Crippen LogP contribution in [0.4, 0.5) is 0 Å². The van der Waals surface area contributed by atoms with Gasteiger partial charge in [0.05, 0.1) is 4.90 Å². The summed E-state index contributed by atoms with van der Waals surface area (Å²) in [5, 5.41) is 5.03. The van der Waals surface area contributed by atoms with E-state index in [-0.39, 0.29) is 0 Å². The molecule has 0 unspecified atom stereocenters. The van der Waals surface area contributed by atoms with Crippen LogP contribution in [0.2, 0.25) is 0 Å². The summed E-state index contributed by atoms with van der Waals surface area (Å²) >= 11 is 1.50. The van der Waals surface area contributed by atoms with E-state index in [1.807, 2.05) is 13.8 Å². The minimum absolute atomic E-state index is 0.432. The molecule has 110 valence electrons. The molecule has 0 aromatic carbocycles. The Morgan fingerprint density at radius 3 is 2.58 bits per heavy atom. The van der Waals surface area contributed by atoms with Crippen LogP contribution in [-0.2, 0) is 16.6 Å². The monoisotopic (exact) mass is 304 g/mol. The smallest absolute Gasteiger partial charge is 0.243 e. The first-order chi connectivity index (χ1) is 9.06. The highest BCUT2D eigenvalue weighted by atomic mass is 32.2. The first kappa shape index (κ1) is 16.6. The van der Waals surface area contributed by atoms with Crippen molar-refractivity contribution in [3.05, 3.63) is 16.3 Å². The van der Waals surface area contributed by atoms with Crippen LogP contribution in [0.15, 0.2) is 16.3 Å². The molecule has 0 saturated heterocycles. The Morgan fingerprint density at radius 1 is 1.26 bits per heavy atom. The van der Waals surface area contributed by atoms with Crippen molar-refractivity contribution in [2.75, 3.05) is 19.6 Å². The molecule has 0 aliphatic rings. The highest BCUT2D eigenvalue weighted by molar-refractivity contribution is 7.89. The maximum atomic E-state index is 12.4. The summed E-state index contributed by atoms with van der Waals surface area (Å²) in [7, 11) is -3.31. The molecule has 0 spiro atoms. The van der Waals surface area contributed by atoms with Crippen molar-refractivity contribution in [2.24, 2.45) is 0 Å². The van der Waals surface area contributed by atoms with E-state index in [1.165, 1.54) is 15.6 Å². The standard InChI is InChI=1S/C13H24N2O2S2/c1-4-7-14-10-12-9-13(11-18-12)19(16,17)15(6-3)8-5-2/h9,11,14H,4-8,10H2,1-3H3. The summed E-state index contributed by atoms with van der Waals surface area (Å²) in [6.45, 7) is 8.79. The van der Waals surface area contributed by atoms with Gasteiger partial charge in [-0.1, -0.05) is 20.8 Å². The second-order valence-electron chi connectivity index (χ2n) is 4.42. The molecular formula is C13H24N2O2S2. The minimum atomic E-state index is -3.31. The fourth-order valence-corrected chi connectivity index (χ4v) is 4.60. The summed E-state index contributed by atoms with van der Waals surface area (Å²) in [6.07, 6.45) is 1.92. The predicted molar refractivity (Wildman–Crippen MR) is 81.0 cm³/mol. The topological polar surface area (TPSA) is 49.4 Å². The van der Waals surface area contributed by atoms with E-state index in [0.29, 0.717) is 18.0 Å². The minimum Gasteiger partial charge on any atom is -0.312 e. The summed E-state index contributed by atoms with van der Waals surface area (Å²) in [6, 6.07) is 1.79. The van der Waals surface area contributed by atoms with Crippen LogP contribution in [0, 0.1) is 0 Å². The van der Waals surface area contributed by atoms with Crippen LogP contribution in [0.3, 0.4) is 0 Å². The molecule has 1 heterocycles. The van der Waals surface area contributed by atoms with E-state index in [0.717, 1.165) is 30.8 Å². The van der Waals surface area contributed by atoms with Gasteiger partial charge in [-0.25, -0.2) is 8.42 Å². The predicted octanol–water partition coefficient (Wildman–Crippen LogP) is 2.67. The van der Waals surface area contributed by atoms with Gasteiger partial charge in [-0.15, -0.1) is 11.3 Å². The van der Waals surface area contributed by atoms with Gasteiger partial charge in [0.25, 0.3) is 0 Å². The van der Waals surface area contributed by atoms with Crippen molar-refractivity contribution in [1.82, 2.24) is 9.62 Å². The van der Waals surface area contributed by atoms with E-state index in [4.69, 9.17) is 0 Å². The molecule has 0 aliphatic heterocycles. The normalized spacial score (nSPS) is 12.2. The Labute approximate surface area is 120 Å². The van der Waals surface area contributed by atoms with E-state index in [9.17, 15) is 8.42 Å². The van der Waals surface area contributed by atoms with Crippen LogP contribution in [0.25, 0.3) is 0 Å². The Bertz CT molecular complexity index is 469. The largest absolute Gasteiger partial charge is 0.312 e. The summed E-state index contributed by atoms with van der Waals surface area (Å²) < 4.78 is 26.4. The lowest BCUT2D eigenvalue weighted by molar-refractivity contribution is 0.427. The van der Waals surface area contributed by atoms with Gasteiger partial charge in [0, 0.05) is 29.9 Å². The van der Waals surface area contributed by atoms with Gasteiger partial charge in [0.1, 0.15) is 0 Å². The van der Waals surface area contributed by atoms with Crippen molar-refractivity contribution < 1.29 is 8.42 Å². The van der Waals surface area contributed by atoms with Gasteiger partial charge in [-0.3, -0.25) is 0 Å². The zero-order valence-corrected chi connectivity index (χ0v) is 13.6. The molecule has 0 amide bonds. The third kappa shape index (κ3) is 4.56. The number of sulfonamides is 1. The molecule has 0 radical (unpaired) electrons. The van der Waals surface area contributed by atoms with Gasteiger partial charge in [-0.2, -0.15) is 4.31 Å². The molecule has 0 saturated carbocycles. The van der Waals surface area contributed by atoms with Crippen molar-refractivity contribution in [1.29, 1.82) is 0 Å². The second kappa shape index (κ2) is 7.99. The van der Waals surface area contributed by atoms with Gasteiger partial charge in [0.15, 0.2) is 0 Å². The van der Waals surface area contributed by atoms with E-state index >= 15 is 0 Å². The summed E-state index contributed by atoms with van der Waals surface area (Å²) in [4.78, 5) is 1.50. The van der Waals surface area contributed by atoms with E-state index in [2.05, 4.69) is 12.2 Å². The fourth-order valence-electron chi connectivity index (χ4n) is 1.82. The Hall–Kier alpha value is -0.430. The van der Waals surface area contributed by atoms with Crippen molar-refractivity contribution >= 4 is 21.4 Å². The van der Waals surface area contributed by atoms with Crippen molar-refractivity contribution in [2.45, 2.75) is 45.1 Å². The molecule has 1 aromatic heterocycles. The lowest BCUT2D eigenvalue weighted by Gasteiger charge is -2.18. The van der Waals surface area contributed by atoms with Gasteiger partial charge in [0.2, 0.25) is 10.0 Å². The molecule has 0 atom stereocenters. The van der Waals surface area contributed by atoms with Gasteiger partial charge < -0.3 is 5.32 Å². The molecule has 0 bridgehead atoms. The Morgan fingerprint density at radius 2 is 2.00 bits per heavy atom. The SMILES string of the molecule is CCCNCc1cc(S(=O)(=O)N(CC)CCC)cs1. The highest BCUT2D eigenvalue weighted by Crippen LogP contribution is 2.22. The second-order valence-corrected chi connectivity index (χ2v) is 7.36. The number of hydrogen-bond acceptors (Lipinski definition) is 4. The molecule has 0 aliphatic carbocycles. The van der Waals surface area contributed by atoms with Crippen molar-refractivity contribution in [3.8, 4) is 0 Å². The fraction of sp³-hybridized carbons (Fsp3) is 0.692. The first-order valence-corrected chi connectivity index (χ1v) is 9.16. The highest BCUT2D eigenvalue weighted by Gasteiger charge is 2.23. The van der Waals surface area contributed by atoms with Gasteiger partial charge >= 0.3 is 0 Å². The number of thiophene rings is 1. The number of nitrogens with one attached hydrogen (secondary N) is 1. The lowest BCUT2D eigenvalue weighted by Crippen LogP contribution is -2.31. The zero-order valence-electron chi connectivity index (χ0n) is 12.0. The molecule has 19 heavy (non-hydrogen) atoms. The number of nitrogens with zero attached hydrogens (tertiary/aromatic N) is 1. The lowest BCUT2D eigenvalue weighted by atomic mass is 10.4. The molecular weight excluding hydrogens is 280 g/mol. The van der Waals surface area contributed by atoms with Gasteiger partial charge in [-0.05, 0) is 25.5 Å². The summed E-state index contributed by atoms with van der Waals surface area (Å²) in [5.41, 5.74) is 0. The molecule has 1 aromatic rings. The molecule has 1 rings (SSSR count). The zero-order chi connectivity index (χ0) is 14.3. The first-order valence-electron chi connectivity index (χ1n) is 6.84. The third-order valence-electron chi connectivity index (χ3n) is 2.82. The summed E-state index contributed by atoms with van der Waals surface area (Å²) in [5.74, 6) is 0. The Balaban J connectivity index is 2.78. The third-order valence-corrected chi connectivity index (χ3v) is 5.86. The van der Waals surface area contributed by atoms with E-state index < -0.39 is 10.0 Å². The molecule has 0 fully saturated rings. The Kier molecular flexibility index (Phi) is 6.99. The average molecular weight is 304 g/mol. The van der Waals surface area contributed by atoms with Crippen LogP contribution >= 0.6 is 11.3 Å².